The van der Waals surface area contributed by atoms with Gasteiger partial charge in [-0.3, -0.25) is 44.2 Å². The van der Waals surface area contributed by atoms with Gasteiger partial charge in [0.1, 0.15) is 13.2 Å². The molecule has 0 radical (unpaired) electrons. The molecule has 0 unspecified atom stereocenters. The third-order valence-corrected chi connectivity index (χ3v) is 12.6. The van der Waals surface area contributed by atoms with Gasteiger partial charge in [-0.05, 0) is 77.3 Å². The number of carboxylic acids is 2. The molecule has 0 amide bonds. The van der Waals surface area contributed by atoms with E-state index in [-0.39, 0.29) is 125 Å². The Bertz CT molecular complexity index is 3400. The van der Waals surface area contributed by atoms with Crippen molar-refractivity contribution in [2.45, 2.75) is 24.7 Å². The number of nitrogens with one attached hydrogen (secondary N) is 1. The van der Waals surface area contributed by atoms with Crippen LogP contribution >= 0.6 is 11.6 Å². The summed E-state index contributed by atoms with van der Waals surface area (Å²) in [4.78, 5) is 79.0. The van der Waals surface area contributed by atoms with Crippen LogP contribution in [-0.2, 0) is 38.3 Å². The van der Waals surface area contributed by atoms with Crippen molar-refractivity contribution < 1.29 is 102 Å². The Hall–Kier alpha value is -8.72. The molecular weight excluding hydrogens is 1060 g/mol. The summed E-state index contributed by atoms with van der Waals surface area (Å²) in [5.74, 6) is -5.60. The fraction of sp³-hybridized carbons (Fsp3) is 0.196. The minimum Gasteiger partial charge on any atom is -0.662 e. The summed E-state index contributed by atoms with van der Waals surface area (Å²) >= 11 is 5.69. The number of halogens is 1. The molecule has 396 valence electrons. The van der Waals surface area contributed by atoms with Crippen LogP contribution in [0, 0.1) is 32.1 Å². The fourth-order valence-corrected chi connectivity index (χ4v) is 8.80. The van der Waals surface area contributed by atoms with Crippen LogP contribution in [0.2, 0.25) is 5.02 Å². The summed E-state index contributed by atoms with van der Waals surface area (Å²) in [6, 6.07) is 37.2. The van der Waals surface area contributed by atoms with E-state index in [0.717, 1.165) is 44.5 Å². The Morgan fingerprint density at radius 1 is 0.628 bits per heavy atom. The van der Waals surface area contributed by atoms with Gasteiger partial charge in [0.05, 0.1) is 45.2 Å². The number of fused-ring (bicyclic) bond motifs is 8. The first-order chi connectivity index (χ1) is 37.2. The number of anilines is 1. The van der Waals surface area contributed by atoms with Gasteiger partial charge < -0.3 is 40.9 Å². The molecule has 27 heteroatoms. The van der Waals surface area contributed by atoms with Gasteiger partial charge in [-0.2, -0.15) is 0 Å². The number of rotatable bonds is 17. The number of carbonyl (C=O) groups is 5. The second kappa shape index (κ2) is 27.4. The molecule has 0 saturated carbocycles. The Morgan fingerprint density at radius 2 is 1.00 bits per heavy atom. The minimum atomic E-state index is -1.19. The van der Waals surface area contributed by atoms with Gasteiger partial charge in [-0.1, -0.05) is 109 Å². The Labute approximate surface area is 466 Å². The van der Waals surface area contributed by atoms with Gasteiger partial charge in [0.15, 0.2) is 11.0 Å². The SMILES string of the molecule is NC[C@H](CC(=O)OCC1c2ccccc2-c2ccccc21)C(=O)O.O=C(C[C@@H](CNc1ccc([N+](=O)[O-])c2nonc12)C(=O)O)OCC1c2ccccc2-c2ccccc21.O=CO[O-].O=[N+]([O-])c1ccc(Cl)c2nonc12.[Na+]. The van der Waals surface area contributed by atoms with Crippen molar-refractivity contribution in [3.8, 4) is 22.3 Å². The van der Waals surface area contributed by atoms with Gasteiger partial charge in [0.25, 0.3) is 6.47 Å². The van der Waals surface area contributed by atoms with E-state index in [4.69, 9.17) is 42.0 Å². The molecule has 2 aliphatic rings. The summed E-state index contributed by atoms with van der Waals surface area (Å²) in [6.45, 7) is -0.108. The first kappa shape index (κ1) is 58.5. The molecule has 10 rings (SSSR count). The average Bonchev–Trinajstić information content (AvgIpc) is 4.31. The molecule has 0 fully saturated rings. The summed E-state index contributed by atoms with van der Waals surface area (Å²) in [5.41, 5.74) is 14.4. The van der Waals surface area contributed by atoms with Crippen LogP contribution in [0.5, 0.6) is 0 Å². The Morgan fingerprint density at radius 3 is 1.40 bits per heavy atom. The molecule has 6 aromatic carbocycles. The summed E-state index contributed by atoms with van der Waals surface area (Å²) in [6.07, 6.45) is -0.562. The maximum Gasteiger partial charge on any atom is 1.00 e. The quantitative estimate of drug-likeness (QED) is 0.0253. The topological polar surface area (TPSA) is 379 Å². The number of aromatic nitrogens is 4. The Balaban J connectivity index is 0.000000200. The van der Waals surface area contributed by atoms with Crippen molar-refractivity contribution in [2.24, 2.45) is 17.6 Å². The standard InChI is InChI=1S/C25H20N4O7.C19H19NO4.C6H2ClN3O3.CH2O3.Na/c30-22(35-13-19-17-7-3-1-5-15(17)16-6-2-4-8-18(16)19)11-14(25(31)32)12-26-20-9-10-21(29(33)34)24-23(20)27-36-28-24;20-10-12(19(22)23)9-18(21)24-11-17-15-7-3-1-5-13(15)14-6-2-4-8-16(14)17;7-3-1-2-4(10(11)12)6-5(3)8-13-9-6;2-1-4-3;/h1-10,14,19,26H,11-13H2,(H,31,32);1-8,12,17H,9-11,20H2,(H,22,23);1-2H;1,3H;/q;;;;+1/p-1/t14-;12-;;;/m00.../s1. The molecule has 0 spiro atoms. The molecule has 2 heterocycles. The third-order valence-electron chi connectivity index (χ3n) is 12.3. The van der Waals surface area contributed by atoms with E-state index < -0.39 is 45.6 Å². The first-order valence-corrected chi connectivity index (χ1v) is 23.3. The molecule has 5 N–H and O–H groups in total. The van der Waals surface area contributed by atoms with Gasteiger partial charge in [0, 0.05) is 37.1 Å². The number of hydrogen-bond donors (Lipinski definition) is 4. The molecule has 0 saturated heterocycles. The van der Waals surface area contributed by atoms with E-state index in [1.54, 1.807) is 0 Å². The number of nitro benzene ring substituents is 2. The van der Waals surface area contributed by atoms with Crippen LogP contribution in [0.15, 0.2) is 131 Å². The van der Waals surface area contributed by atoms with E-state index in [0.29, 0.717) is 5.69 Å². The van der Waals surface area contributed by atoms with Gasteiger partial charge in [0.2, 0.25) is 11.0 Å². The molecular formula is C51H42ClN8NaO17. The monoisotopic (exact) mass is 1100 g/mol. The Kier molecular flexibility index (Phi) is 20.5. The maximum absolute atomic E-state index is 12.6. The average molecular weight is 1100 g/mol. The predicted octanol–water partition coefficient (Wildman–Crippen LogP) is 3.60. The van der Waals surface area contributed by atoms with Crippen molar-refractivity contribution in [3.05, 3.63) is 169 Å². The van der Waals surface area contributed by atoms with Crippen LogP contribution in [0.4, 0.5) is 17.1 Å². The molecule has 25 nitrogen and oxygen atoms in total. The molecule has 2 atom stereocenters. The van der Waals surface area contributed by atoms with Crippen LogP contribution in [0.1, 0.15) is 46.9 Å². The summed E-state index contributed by atoms with van der Waals surface area (Å²) < 4.78 is 19.9. The second-order valence-corrected chi connectivity index (χ2v) is 17.2. The fourth-order valence-electron chi connectivity index (χ4n) is 8.62. The molecule has 0 aliphatic heterocycles. The summed E-state index contributed by atoms with van der Waals surface area (Å²) in [7, 11) is 0. The normalized spacial score (nSPS) is 12.3. The molecule has 2 aromatic heterocycles. The zero-order valence-corrected chi connectivity index (χ0v) is 43.6. The van der Waals surface area contributed by atoms with E-state index in [1.165, 1.54) is 24.3 Å². The van der Waals surface area contributed by atoms with Crippen LogP contribution in [0.3, 0.4) is 0 Å². The van der Waals surface area contributed by atoms with E-state index in [2.05, 4.69) is 52.2 Å². The number of aliphatic carboxylic acids is 2. The van der Waals surface area contributed by atoms with Crippen molar-refractivity contribution in [3.63, 3.8) is 0 Å². The van der Waals surface area contributed by atoms with Crippen molar-refractivity contribution >= 4 is 81.1 Å². The van der Waals surface area contributed by atoms with Crippen LogP contribution < -0.4 is 45.9 Å². The number of nitrogens with two attached hydrogens (primary N) is 1. The van der Waals surface area contributed by atoms with E-state index in [1.807, 2.05) is 84.9 Å². The molecule has 0 bridgehead atoms. The molecule has 8 aromatic rings. The van der Waals surface area contributed by atoms with Gasteiger partial charge in [-0.25, -0.2) is 9.26 Å². The summed E-state index contributed by atoms with van der Waals surface area (Å²) in [5, 5.41) is 65.9. The molecule has 78 heavy (non-hydrogen) atoms. The van der Waals surface area contributed by atoms with Gasteiger partial charge >= 0.3 is 64.8 Å². The van der Waals surface area contributed by atoms with Crippen molar-refractivity contribution in [1.82, 2.24) is 20.6 Å². The largest absolute Gasteiger partial charge is 1.00 e. The number of esters is 2. The van der Waals surface area contributed by atoms with Gasteiger partial charge in [-0.15, -0.1) is 0 Å². The smallest absolute Gasteiger partial charge is 0.662 e. The number of hydrogen-bond acceptors (Lipinski definition) is 21. The zero-order chi connectivity index (χ0) is 55.2. The number of carbonyl (C=O) groups excluding carboxylic acids is 3. The van der Waals surface area contributed by atoms with E-state index in [9.17, 15) is 44.5 Å². The minimum absolute atomic E-state index is 0. The second-order valence-electron chi connectivity index (χ2n) is 16.7. The number of carboxylic acid groups (broad SMARTS) is 2. The van der Waals surface area contributed by atoms with Crippen LogP contribution in [-0.4, -0.2) is 97.3 Å². The molecule has 2 aliphatic carbocycles. The third kappa shape index (κ3) is 13.6. The number of ether oxygens (including phenoxy) is 2. The van der Waals surface area contributed by atoms with E-state index >= 15 is 0 Å². The number of non-ortho nitro benzene ring substituents is 2. The first-order valence-electron chi connectivity index (χ1n) is 22.9. The van der Waals surface area contributed by atoms with Crippen molar-refractivity contribution in [1.29, 1.82) is 0 Å². The predicted molar refractivity (Wildman–Crippen MR) is 267 cm³/mol. The number of nitrogens with zero attached hydrogens (tertiary/aromatic N) is 6. The number of nitro groups is 2. The van der Waals surface area contributed by atoms with Crippen LogP contribution in [0.25, 0.3) is 44.3 Å². The zero-order valence-electron chi connectivity index (χ0n) is 40.8. The number of benzene rings is 6. The van der Waals surface area contributed by atoms with Crippen molar-refractivity contribution in [2.75, 3.05) is 31.6 Å². The maximum atomic E-state index is 12.6.